The van der Waals surface area contributed by atoms with Crippen molar-refractivity contribution in [3.63, 3.8) is 0 Å². The van der Waals surface area contributed by atoms with Gasteiger partial charge in [0.1, 0.15) is 24.6 Å². The van der Waals surface area contributed by atoms with Gasteiger partial charge < -0.3 is 24.3 Å². The van der Waals surface area contributed by atoms with Gasteiger partial charge in [0, 0.05) is 6.61 Å². The molecule has 1 N–H and O–H groups in total. The third-order valence-corrected chi connectivity index (χ3v) is 6.52. The van der Waals surface area contributed by atoms with Crippen molar-refractivity contribution in [2.75, 3.05) is 18.5 Å². The summed E-state index contributed by atoms with van der Waals surface area (Å²) in [4.78, 5) is 13.6. The number of aromatic nitrogens is 4. The summed E-state index contributed by atoms with van der Waals surface area (Å²) >= 11 is 0. The Hall–Kier alpha value is -2.85. The second kappa shape index (κ2) is 8.42. The summed E-state index contributed by atoms with van der Waals surface area (Å²) in [5, 5.41) is 3.44. The van der Waals surface area contributed by atoms with E-state index in [1.54, 1.807) is 12.7 Å². The van der Waals surface area contributed by atoms with Crippen LogP contribution in [0.15, 0.2) is 43.0 Å². The monoisotopic (exact) mass is 463 g/mol. The van der Waals surface area contributed by atoms with Crippen LogP contribution in [0, 0.1) is 6.92 Å². The molecule has 0 amide bonds. The lowest BCUT2D eigenvalue weighted by molar-refractivity contribution is -0.191. The van der Waals surface area contributed by atoms with E-state index in [4.69, 9.17) is 18.9 Å². The summed E-state index contributed by atoms with van der Waals surface area (Å²) in [6.07, 6.45) is 7.12. The van der Waals surface area contributed by atoms with Gasteiger partial charge in [-0.2, -0.15) is 0 Å². The lowest BCUT2D eigenvalue weighted by atomic mass is 10.1. The quantitative estimate of drug-likeness (QED) is 0.615. The molecule has 34 heavy (non-hydrogen) atoms. The van der Waals surface area contributed by atoms with Gasteiger partial charge in [-0.15, -0.1) is 0 Å². The van der Waals surface area contributed by atoms with Gasteiger partial charge in [-0.05, 0) is 32.8 Å². The predicted octanol–water partition coefficient (Wildman–Crippen LogP) is 3.47. The fourth-order valence-corrected chi connectivity index (χ4v) is 4.86. The summed E-state index contributed by atoms with van der Waals surface area (Å²) in [7, 11) is 0. The first-order valence-electron chi connectivity index (χ1n) is 11.7. The fourth-order valence-electron chi connectivity index (χ4n) is 4.86. The van der Waals surface area contributed by atoms with Crippen molar-refractivity contribution in [1.82, 2.24) is 19.5 Å². The first kappa shape index (κ1) is 21.7. The molecular weight excluding hydrogens is 434 g/mol. The zero-order valence-electron chi connectivity index (χ0n) is 19.5. The predicted molar refractivity (Wildman–Crippen MR) is 126 cm³/mol. The van der Waals surface area contributed by atoms with Crippen LogP contribution < -0.4 is 5.32 Å². The van der Waals surface area contributed by atoms with Gasteiger partial charge >= 0.3 is 0 Å². The molecule has 0 bridgehead atoms. The van der Waals surface area contributed by atoms with E-state index in [-0.39, 0.29) is 24.4 Å². The molecule has 1 aromatic carbocycles. The number of benzene rings is 1. The third kappa shape index (κ3) is 3.98. The standard InChI is InChI=1S/C25H29N5O4/c1-15-4-6-16(7-5-15)8-9-18-20-21(34-25(2,3)33-20)24(32-18)30-14-28-19-22(26-13-27-23(19)30)29-17-10-11-31-12-17/h4-9,13-14,17-18,20-21,24H,10-12H2,1-3H3,(H,26,27,29)/b9-8+/t17?,18?,20-,21-,24-/m1/s1. The van der Waals surface area contributed by atoms with Crippen molar-refractivity contribution in [2.24, 2.45) is 0 Å². The van der Waals surface area contributed by atoms with Gasteiger partial charge in [0.15, 0.2) is 29.0 Å². The molecule has 3 aliphatic heterocycles. The zero-order chi connectivity index (χ0) is 23.3. The number of fused-ring (bicyclic) bond motifs is 2. The van der Waals surface area contributed by atoms with E-state index >= 15 is 0 Å². The van der Waals surface area contributed by atoms with E-state index in [9.17, 15) is 0 Å². The molecule has 5 heterocycles. The molecule has 5 atom stereocenters. The summed E-state index contributed by atoms with van der Waals surface area (Å²) in [6, 6.07) is 8.60. The largest absolute Gasteiger partial charge is 0.379 e. The number of rotatable bonds is 5. The minimum Gasteiger partial charge on any atom is -0.379 e. The van der Waals surface area contributed by atoms with Gasteiger partial charge in [-0.1, -0.05) is 42.0 Å². The highest BCUT2D eigenvalue weighted by Crippen LogP contribution is 2.44. The van der Waals surface area contributed by atoms with Crippen LogP contribution in [0.5, 0.6) is 0 Å². The Morgan fingerprint density at radius 2 is 1.91 bits per heavy atom. The molecule has 0 aliphatic carbocycles. The molecule has 3 fully saturated rings. The maximum Gasteiger partial charge on any atom is 0.167 e. The van der Waals surface area contributed by atoms with Gasteiger partial charge in [-0.3, -0.25) is 4.57 Å². The molecule has 9 heteroatoms. The average molecular weight is 464 g/mol. The van der Waals surface area contributed by atoms with Crippen molar-refractivity contribution in [1.29, 1.82) is 0 Å². The number of ether oxygens (including phenoxy) is 4. The fraction of sp³-hybridized carbons (Fsp3) is 0.480. The lowest BCUT2D eigenvalue weighted by Crippen LogP contribution is -2.28. The molecule has 3 saturated heterocycles. The van der Waals surface area contributed by atoms with E-state index < -0.39 is 12.0 Å². The van der Waals surface area contributed by atoms with Crippen LogP contribution >= 0.6 is 0 Å². The number of nitrogens with zero attached hydrogens (tertiary/aromatic N) is 4. The summed E-state index contributed by atoms with van der Waals surface area (Å²) < 4.78 is 26.4. The van der Waals surface area contributed by atoms with Gasteiger partial charge in [0.05, 0.1) is 19.0 Å². The highest BCUT2D eigenvalue weighted by molar-refractivity contribution is 5.82. The van der Waals surface area contributed by atoms with Crippen molar-refractivity contribution >= 4 is 23.1 Å². The van der Waals surface area contributed by atoms with Crippen LogP contribution in [0.25, 0.3) is 17.2 Å². The molecule has 0 saturated carbocycles. The molecule has 2 unspecified atom stereocenters. The van der Waals surface area contributed by atoms with Gasteiger partial charge in [0.2, 0.25) is 0 Å². The van der Waals surface area contributed by atoms with Crippen molar-refractivity contribution in [3.8, 4) is 0 Å². The second-order valence-corrected chi connectivity index (χ2v) is 9.58. The molecule has 178 valence electrons. The Bertz CT molecular complexity index is 1200. The average Bonchev–Trinajstić information content (AvgIpc) is 3.58. The molecule has 9 nitrogen and oxygen atoms in total. The molecule has 6 rings (SSSR count). The number of hydrogen-bond donors (Lipinski definition) is 1. The van der Waals surface area contributed by atoms with Gasteiger partial charge in [-0.25, -0.2) is 15.0 Å². The minimum atomic E-state index is -0.701. The molecule has 3 aromatic rings. The summed E-state index contributed by atoms with van der Waals surface area (Å²) in [5.41, 5.74) is 3.73. The number of nitrogens with one attached hydrogen (secondary N) is 1. The Balaban J connectivity index is 1.30. The molecular formula is C25H29N5O4. The highest BCUT2D eigenvalue weighted by atomic mass is 16.8. The van der Waals surface area contributed by atoms with Crippen molar-refractivity contribution in [3.05, 3.63) is 54.1 Å². The normalized spacial score (nSPS) is 30.4. The molecule has 0 radical (unpaired) electrons. The molecule has 2 aromatic heterocycles. The van der Waals surface area contributed by atoms with E-state index in [1.165, 1.54) is 5.56 Å². The first-order chi connectivity index (χ1) is 16.5. The second-order valence-electron chi connectivity index (χ2n) is 9.58. The Morgan fingerprint density at radius 1 is 1.09 bits per heavy atom. The van der Waals surface area contributed by atoms with Crippen molar-refractivity contribution < 1.29 is 18.9 Å². The minimum absolute atomic E-state index is 0.221. The zero-order valence-corrected chi connectivity index (χ0v) is 19.5. The van der Waals surface area contributed by atoms with Crippen LogP contribution in [0.2, 0.25) is 0 Å². The Kier molecular flexibility index (Phi) is 5.37. The Morgan fingerprint density at radius 3 is 2.71 bits per heavy atom. The number of imidazole rings is 1. The van der Waals surface area contributed by atoms with Crippen molar-refractivity contribution in [2.45, 2.75) is 63.6 Å². The highest BCUT2D eigenvalue weighted by Gasteiger charge is 2.55. The van der Waals surface area contributed by atoms with Gasteiger partial charge in [0.25, 0.3) is 0 Å². The molecule has 3 aliphatic rings. The smallest absolute Gasteiger partial charge is 0.167 e. The SMILES string of the molecule is Cc1ccc(/C=C/C2O[C@@H](n3cnc4c(NC5CCOC5)ncnc43)[C@@H]3OC(C)(C)O[C@H]23)cc1. The van der Waals surface area contributed by atoms with Crippen LogP contribution in [0.3, 0.4) is 0 Å². The van der Waals surface area contributed by atoms with E-state index in [0.29, 0.717) is 23.6 Å². The topological polar surface area (TPSA) is 92.6 Å². The third-order valence-electron chi connectivity index (χ3n) is 6.52. The number of hydrogen-bond acceptors (Lipinski definition) is 8. The van der Waals surface area contributed by atoms with E-state index in [2.05, 4.69) is 57.5 Å². The first-order valence-corrected chi connectivity index (χ1v) is 11.7. The number of aryl methyl sites for hydroxylation is 1. The maximum absolute atomic E-state index is 6.48. The van der Waals surface area contributed by atoms with Crippen LogP contribution in [-0.4, -0.2) is 62.9 Å². The Labute approximate surface area is 198 Å². The summed E-state index contributed by atoms with van der Waals surface area (Å²) in [5.74, 6) is 0.00182. The summed E-state index contributed by atoms with van der Waals surface area (Å²) in [6.45, 7) is 7.36. The molecule has 0 spiro atoms. The van der Waals surface area contributed by atoms with E-state index in [1.807, 2.05) is 24.5 Å². The van der Waals surface area contributed by atoms with E-state index in [0.717, 1.165) is 18.6 Å². The lowest BCUT2D eigenvalue weighted by Gasteiger charge is -2.24. The van der Waals surface area contributed by atoms with Crippen LogP contribution in [0.1, 0.15) is 37.6 Å². The van der Waals surface area contributed by atoms with Crippen LogP contribution in [-0.2, 0) is 18.9 Å². The van der Waals surface area contributed by atoms with Crippen LogP contribution in [0.4, 0.5) is 5.82 Å². The number of anilines is 1. The maximum atomic E-state index is 6.48.